The molecule has 0 saturated carbocycles. The van der Waals surface area contributed by atoms with Crippen LogP contribution in [0.25, 0.3) is 22.2 Å². The lowest BCUT2D eigenvalue weighted by atomic mass is 10.1. The average Bonchev–Trinajstić information content (AvgIpc) is 3.29. The monoisotopic (exact) mass is 564 g/mol. The third-order valence-electron chi connectivity index (χ3n) is 6.27. The Morgan fingerprint density at radius 1 is 1.08 bits per heavy atom. The molecule has 1 aliphatic rings. The van der Waals surface area contributed by atoms with Crippen molar-refractivity contribution in [2.75, 3.05) is 37.3 Å². The maximum atomic E-state index is 13.9. The zero-order valence-corrected chi connectivity index (χ0v) is 22.3. The number of benzene rings is 1. The van der Waals surface area contributed by atoms with Gasteiger partial charge in [0.05, 0.1) is 16.8 Å². The number of aromatic amines is 1. The van der Waals surface area contributed by atoms with Crippen LogP contribution in [0.1, 0.15) is 18.6 Å². The quantitative estimate of drug-likeness (QED) is 0.339. The largest absolute Gasteiger partial charge is 0.486 e. The van der Waals surface area contributed by atoms with Gasteiger partial charge in [-0.1, -0.05) is 23.2 Å². The Morgan fingerprint density at radius 2 is 1.84 bits per heavy atom. The van der Waals surface area contributed by atoms with Crippen LogP contribution < -0.4 is 9.64 Å². The van der Waals surface area contributed by atoms with Gasteiger partial charge in [-0.05, 0) is 37.3 Å². The van der Waals surface area contributed by atoms with Crippen molar-refractivity contribution in [3.63, 3.8) is 0 Å². The summed E-state index contributed by atoms with van der Waals surface area (Å²) < 4.78 is 44.9. The standard InChI is InChI=1S/C24H23Cl2FN6O3S/c1-14(21-18(25)13-29-24(27)22(21)26)36-16-4-5-19-17(11-16)23(31-30-19)15-3-6-20(28-12-15)32-7-9-33(10-8-32)37(2,34)35/h3-6,11-14H,7-10H2,1-2H3,(H,30,31)/t14-/m1/s1. The van der Waals surface area contributed by atoms with Gasteiger partial charge in [-0.25, -0.2) is 18.4 Å². The summed E-state index contributed by atoms with van der Waals surface area (Å²) in [5.74, 6) is 0.491. The highest BCUT2D eigenvalue weighted by molar-refractivity contribution is 7.88. The molecule has 1 fully saturated rings. The minimum Gasteiger partial charge on any atom is -0.486 e. The number of anilines is 1. The van der Waals surface area contributed by atoms with E-state index in [-0.39, 0.29) is 10.0 Å². The lowest BCUT2D eigenvalue weighted by Crippen LogP contribution is -2.48. The molecule has 1 atom stereocenters. The predicted octanol–water partition coefficient (Wildman–Crippen LogP) is 4.69. The van der Waals surface area contributed by atoms with E-state index in [4.69, 9.17) is 27.9 Å². The first-order valence-corrected chi connectivity index (χ1v) is 14.0. The number of ether oxygens (including phenoxy) is 1. The number of hydrogen-bond donors (Lipinski definition) is 1. The van der Waals surface area contributed by atoms with E-state index in [0.29, 0.717) is 43.2 Å². The molecule has 1 saturated heterocycles. The average molecular weight is 565 g/mol. The molecule has 0 aliphatic carbocycles. The fourth-order valence-corrected chi connectivity index (χ4v) is 5.82. The van der Waals surface area contributed by atoms with E-state index in [1.54, 1.807) is 19.2 Å². The third kappa shape index (κ3) is 5.22. The number of rotatable bonds is 6. The molecule has 194 valence electrons. The number of halogens is 3. The Labute approximate surface area is 223 Å². The van der Waals surface area contributed by atoms with E-state index in [1.807, 2.05) is 24.3 Å². The highest BCUT2D eigenvalue weighted by Gasteiger charge is 2.24. The topological polar surface area (TPSA) is 104 Å². The Bertz CT molecular complexity index is 1560. The van der Waals surface area contributed by atoms with Crippen molar-refractivity contribution in [3.05, 3.63) is 64.3 Å². The normalized spacial score (nSPS) is 15.8. The zero-order chi connectivity index (χ0) is 26.3. The van der Waals surface area contributed by atoms with Crippen LogP contribution in [-0.2, 0) is 10.0 Å². The molecule has 0 bridgehead atoms. The molecule has 9 nitrogen and oxygen atoms in total. The van der Waals surface area contributed by atoms with Crippen LogP contribution in [0.3, 0.4) is 0 Å². The smallest absolute Gasteiger partial charge is 0.232 e. The Morgan fingerprint density at radius 3 is 2.51 bits per heavy atom. The van der Waals surface area contributed by atoms with Crippen LogP contribution in [0.4, 0.5) is 10.2 Å². The summed E-state index contributed by atoms with van der Waals surface area (Å²) in [4.78, 5) is 10.2. The van der Waals surface area contributed by atoms with Gasteiger partial charge in [-0.15, -0.1) is 0 Å². The molecular weight excluding hydrogens is 542 g/mol. The van der Waals surface area contributed by atoms with Crippen molar-refractivity contribution in [3.8, 4) is 17.0 Å². The molecule has 0 amide bonds. The van der Waals surface area contributed by atoms with Crippen molar-refractivity contribution >= 4 is 49.9 Å². The van der Waals surface area contributed by atoms with Crippen LogP contribution in [0.5, 0.6) is 5.75 Å². The Kier molecular flexibility index (Phi) is 6.97. The van der Waals surface area contributed by atoms with Crippen molar-refractivity contribution < 1.29 is 17.5 Å². The van der Waals surface area contributed by atoms with Gasteiger partial charge in [0.25, 0.3) is 0 Å². The maximum Gasteiger partial charge on any atom is 0.232 e. The highest BCUT2D eigenvalue weighted by Crippen LogP contribution is 2.36. The van der Waals surface area contributed by atoms with Crippen molar-refractivity contribution in [2.24, 2.45) is 0 Å². The molecular formula is C24H23Cl2FN6O3S. The number of fused-ring (bicyclic) bond motifs is 1. The van der Waals surface area contributed by atoms with Gasteiger partial charge in [0.2, 0.25) is 16.0 Å². The number of sulfonamides is 1. The van der Waals surface area contributed by atoms with Gasteiger partial charge in [0.1, 0.15) is 28.4 Å². The summed E-state index contributed by atoms with van der Waals surface area (Å²) in [6.07, 6.45) is 3.54. The molecule has 13 heteroatoms. The first-order valence-electron chi connectivity index (χ1n) is 11.4. The second-order valence-corrected chi connectivity index (χ2v) is 11.5. The molecule has 1 N–H and O–H groups in total. The van der Waals surface area contributed by atoms with Gasteiger partial charge >= 0.3 is 0 Å². The molecule has 5 rings (SSSR count). The molecule has 37 heavy (non-hydrogen) atoms. The Hall–Kier alpha value is -2.99. The minimum atomic E-state index is -3.19. The van der Waals surface area contributed by atoms with E-state index in [1.165, 1.54) is 16.8 Å². The lowest BCUT2D eigenvalue weighted by molar-refractivity contribution is 0.226. The van der Waals surface area contributed by atoms with E-state index >= 15 is 0 Å². The van der Waals surface area contributed by atoms with Crippen molar-refractivity contribution in [1.82, 2.24) is 24.5 Å². The Balaban J connectivity index is 1.36. The van der Waals surface area contributed by atoms with Crippen LogP contribution >= 0.6 is 23.2 Å². The van der Waals surface area contributed by atoms with Gasteiger partial charge in [0, 0.05) is 55.1 Å². The van der Waals surface area contributed by atoms with Crippen molar-refractivity contribution in [2.45, 2.75) is 13.0 Å². The van der Waals surface area contributed by atoms with E-state index in [9.17, 15) is 12.8 Å². The summed E-state index contributed by atoms with van der Waals surface area (Å²) in [5, 5.41) is 8.33. The number of nitrogens with one attached hydrogen (secondary N) is 1. The van der Waals surface area contributed by atoms with E-state index in [2.05, 4.69) is 25.1 Å². The number of piperazine rings is 1. The SMILES string of the molecule is C[C@@H](Oc1ccc2[nH]nc(-c3ccc(N4CCN(S(C)(=O)=O)CC4)nc3)c2c1)c1c(Cl)cnc(F)c1Cl. The molecule has 1 aromatic carbocycles. The maximum absolute atomic E-state index is 13.9. The molecule has 0 unspecified atom stereocenters. The number of pyridine rings is 2. The second kappa shape index (κ2) is 10.1. The van der Waals surface area contributed by atoms with Crippen LogP contribution in [-0.4, -0.2) is 65.3 Å². The predicted molar refractivity (Wildman–Crippen MR) is 141 cm³/mol. The van der Waals surface area contributed by atoms with E-state index < -0.39 is 22.1 Å². The molecule has 3 aromatic heterocycles. The minimum absolute atomic E-state index is 0.172. The molecule has 4 aromatic rings. The summed E-state index contributed by atoms with van der Waals surface area (Å²) >= 11 is 12.3. The summed E-state index contributed by atoms with van der Waals surface area (Å²) in [5.41, 5.74) is 2.62. The van der Waals surface area contributed by atoms with Crippen LogP contribution in [0.2, 0.25) is 10.0 Å². The van der Waals surface area contributed by atoms with Gasteiger partial charge < -0.3 is 9.64 Å². The van der Waals surface area contributed by atoms with Crippen molar-refractivity contribution in [1.29, 1.82) is 0 Å². The number of nitrogens with zero attached hydrogens (tertiary/aromatic N) is 5. The first kappa shape index (κ1) is 25.7. The number of aromatic nitrogens is 4. The fraction of sp³-hybridized carbons (Fsp3) is 0.292. The van der Waals surface area contributed by atoms with Crippen LogP contribution in [0.15, 0.2) is 42.7 Å². The second-order valence-electron chi connectivity index (χ2n) is 8.72. The zero-order valence-electron chi connectivity index (χ0n) is 20.0. The highest BCUT2D eigenvalue weighted by atomic mass is 35.5. The van der Waals surface area contributed by atoms with Gasteiger partial charge in [0.15, 0.2) is 0 Å². The third-order valence-corrected chi connectivity index (χ3v) is 8.24. The molecule has 0 radical (unpaired) electrons. The van der Waals surface area contributed by atoms with Gasteiger partial charge in [-0.2, -0.15) is 13.8 Å². The van der Waals surface area contributed by atoms with Gasteiger partial charge in [-0.3, -0.25) is 5.10 Å². The summed E-state index contributed by atoms with van der Waals surface area (Å²) in [6.45, 7) is 3.72. The number of hydrogen-bond acceptors (Lipinski definition) is 7. The summed E-state index contributed by atoms with van der Waals surface area (Å²) in [7, 11) is -3.19. The molecule has 0 spiro atoms. The molecule has 4 heterocycles. The lowest BCUT2D eigenvalue weighted by Gasteiger charge is -2.33. The number of H-pyrrole nitrogens is 1. The fourth-order valence-electron chi connectivity index (χ4n) is 4.34. The van der Waals surface area contributed by atoms with Crippen LogP contribution in [0, 0.1) is 5.95 Å². The van der Waals surface area contributed by atoms with E-state index in [0.717, 1.165) is 22.3 Å². The summed E-state index contributed by atoms with van der Waals surface area (Å²) in [6, 6.07) is 9.28. The molecule has 1 aliphatic heterocycles. The first-order chi connectivity index (χ1) is 17.6.